The first-order valence-corrected chi connectivity index (χ1v) is 17.6. The summed E-state index contributed by atoms with van der Waals surface area (Å²) in [5.74, 6) is 0.430. The second kappa shape index (κ2) is 12.1. The Morgan fingerprint density at radius 3 is 2.90 bits per heavy atom. The van der Waals surface area contributed by atoms with Crippen LogP contribution in [0.1, 0.15) is 82.7 Å². The van der Waals surface area contributed by atoms with Gasteiger partial charge in [0.05, 0.1) is 40.7 Å². The number of hydrogen-bond acceptors (Lipinski definition) is 10. The molecule has 6 heterocycles. The van der Waals surface area contributed by atoms with Gasteiger partial charge in [0.2, 0.25) is 0 Å². The van der Waals surface area contributed by atoms with Crippen LogP contribution in [0.25, 0.3) is 0 Å². The highest BCUT2D eigenvalue weighted by atomic mass is 35.5. The minimum atomic E-state index is -0.870. The largest absolute Gasteiger partial charge is 0.461 e. The highest BCUT2D eigenvalue weighted by Gasteiger charge is 2.50. The number of anilines is 2. The van der Waals surface area contributed by atoms with Crippen LogP contribution in [-0.4, -0.2) is 87.5 Å². The number of nitrogens with zero attached hydrogens (tertiary/aromatic N) is 8. The molecule has 49 heavy (non-hydrogen) atoms. The fourth-order valence-electron chi connectivity index (χ4n) is 8.83. The molecule has 3 aromatic rings. The quantitative estimate of drug-likeness (QED) is 0.389. The number of aryl methyl sites for hydroxylation is 2. The van der Waals surface area contributed by atoms with Crippen LogP contribution in [0.15, 0.2) is 12.1 Å². The summed E-state index contributed by atoms with van der Waals surface area (Å²) in [5, 5.41) is 15.1. The van der Waals surface area contributed by atoms with Crippen molar-refractivity contribution in [2.45, 2.75) is 88.4 Å². The molecule has 1 spiro atoms. The standard InChI is InChI=1S/C35H41ClFN9O3/c1-43(2)32(47)30-29(36)27-18-44(11-5-13-46(27)42-30)31-24-19-49-35(10-3-6-21-7-8-25(39)23(16-38)28(21)35)15-26(24)40-33(41-31)48-20-34-9-4-12-45(34)17-22(37)14-34/h7-8,22H,3-6,9-15,17-20,39H2,1-2H3/t22-,34+,35+/m1/s1. The van der Waals surface area contributed by atoms with Gasteiger partial charge in [-0.05, 0) is 56.7 Å². The van der Waals surface area contributed by atoms with Crippen LogP contribution in [0.3, 0.4) is 0 Å². The Balaban J connectivity index is 1.19. The summed E-state index contributed by atoms with van der Waals surface area (Å²) in [6.45, 7) is 3.47. The van der Waals surface area contributed by atoms with Crippen LogP contribution in [0.4, 0.5) is 15.9 Å². The summed E-state index contributed by atoms with van der Waals surface area (Å²) < 4.78 is 29.7. The lowest BCUT2D eigenvalue weighted by Gasteiger charge is -2.43. The monoisotopic (exact) mass is 689 g/mol. The Labute approximate surface area is 289 Å². The molecule has 8 rings (SSSR count). The molecule has 5 aliphatic rings. The normalized spacial score (nSPS) is 26.0. The van der Waals surface area contributed by atoms with Gasteiger partial charge >= 0.3 is 6.01 Å². The number of ether oxygens (including phenoxy) is 2. The molecule has 1 aliphatic carbocycles. The average Bonchev–Trinajstić information content (AvgIpc) is 3.65. The van der Waals surface area contributed by atoms with Crippen molar-refractivity contribution in [2.24, 2.45) is 0 Å². The van der Waals surface area contributed by atoms with Crippen molar-refractivity contribution >= 4 is 29.0 Å². The molecule has 1 aromatic carbocycles. The first kappa shape index (κ1) is 32.2. The second-order valence-electron chi connectivity index (χ2n) is 14.4. The summed E-state index contributed by atoms with van der Waals surface area (Å²) in [5.41, 5.74) is 10.7. The van der Waals surface area contributed by atoms with Gasteiger partial charge in [-0.15, -0.1) is 0 Å². The van der Waals surface area contributed by atoms with E-state index in [4.69, 9.17) is 36.8 Å². The first-order chi connectivity index (χ1) is 23.6. The van der Waals surface area contributed by atoms with E-state index in [0.29, 0.717) is 67.7 Å². The zero-order valence-electron chi connectivity index (χ0n) is 28.0. The highest BCUT2D eigenvalue weighted by molar-refractivity contribution is 6.34. The predicted octanol–water partition coefficient (Wildman–Crippen LogP) is 4.15. The number of alkyl halides is 1. The van der Waals surface area contributed by atoms with Gasteiger partial charge in [0, 0.05) is 63.4 Å². The zero-order chi connectivity index (χ0) is 34.1. The number of aromatic nitrogens is 4. The van der Waals surface area contributed by atoms with E-state index in [1.165, 1.54) is 4.90 Å². The number of halogens is 2. The van der Waals surface area contributed by atoms with Gasteiger partial charge in [-0.25, -0.2) is 4.39 Å². The van der Waals surface area contributed by atoms with Crippen molar-refractivity contribution in [1.82, 2.24) is 29.5 Å². The molecule has 1 amide bonds. The molecule has 258 valence electrons. The zero-order valence-corrected chi connectivity index (χ0v) is 28.7. The van der Waals surface area contributed by atoms with E-state index in [9.17, 15) is 14.4 Å². The van der Waals surface area contributed by atoms with Crippen molar-refractivity contribution in [3.8, 4) is 12.1 Å². The number of nitrogen functional groups attached to an aromatic ring is 1. The Hall–Kier alpha value is -3.99. The first-order valence-electron chi connectivity index (χ1n) is 17.2. The van der Waals surface area contributed by atoms with E-state index in [1.54, 1.807) is 14.1 Å². The number of benzene rings is 1. The number of amides is 1. The van der Waals surface area contributed by atoms with Crippen LogP contribution in [-0.2, 0) is 42.9 Å². The number of nitrogens with two attached hydrogens (primary N) is 1. The maximum atomic E-state index is 14.6. The molecular weight excluding hydrogens is 649 g/mol. The fourth-order valence-corrected chi connectivity index (χ4v) is 9.10. The van der Waals surface area contributed by atoms with Crippen molar-refractivity contribution in [3.05, 3.63) is 56.5 Å². The third-order valence-electron chi connectivity index (χ3n) is 11.2. The predicted molar refractivity (Wildman–Crippen MR) is 180 cm³/mol. The van der Waals surface area contributed by atoms with Crippen molar-refractivity contribution < 1.29 is 18.7 Å². The van der Waals surface area contributed by atoms with Crippen molar-refractivity contribution in [2.75, 3.05) is 51.0 Å². The molecule has 3 atom stereocenters. The van der Waals surface area contributed by atoms with Crippen molar-refractivity contribution in [1.29, 1.82) is 5.26 Å². The Morgan fingerprint density at radius 1 is 1.22 bits per heavy atom. The smallest absolute Gasteiger partial charge is 0.318 e. The molecule has 2 saturated heterocycles. The highest BCUT2D eigenvalue weighted by Crippen LogP contribution is 2.48. The minimum Gasteiger partial charge on any atom is -0.461 e. The van der Waals surface area contributed by atoms with E-state index in [0.717, 1.165) is 73.1 Å². The Kier molecular flexibility index (Phi) is 7.96. The lowest BCUT2D eigenvalue weighted by molar-refractivity contribution is -0.0857. The van der Waals surface area contributed by atoms with E-state index in [-0.39, 0.29) is 29.8 Å². The van der Waals surface area contributed by atoms with E-state index in [1.807, 2.05) is 16.8 Å². The fraction of sp³-hybridized carbons (Fsp3) is 0.571. The number of hydrogen-bond donors (Lipinski definition) is 1. The van der Waals surface area contributed by atoms with Crippen LogP contribution in [0, 0.1) is 11.3 Å². The summed E-state index contributed by atoms with van der Waals surface area (Å²) in [6.07, 6.45) is 5.11. The number of carbonyl (C=O) groups excluding carboxylic acids is 1. The number of nitriles is 1. The number of fused-ring (bicyclic) bond motifs is 5. The Morgan fingerprint density at radius 2 is 2.08 bits per heavy atom. The average molecular weight is 690 g/mol. The van der Waals surface area contributed by atoms with Gasteiger partial charge in [-0.3, -0.25) is 14.4 Å². The van der Waals surface area contributed by atoms with Gasteiger partial charge in [0.1, 0.15) is 30.3 Å². The van der Waals surface area contributed by atoms with Gasteiger partial charge in [-0.2, -0.15) is 20.3 Å². The molecule has 2 aromatic heterocycles. The summed E-state index contributed by atoms with van der Waals surface area (Å²) in [4.78, 5) is 28.8. The number of carbonyl (C=O) groups is 1. The molecule has 0 radical (unpaired) electrons. The minimum absolute atomic E-state index is 0.231. The van der Waals surface area contributed by atoms with E-state index < -0.39 is 11.8 Å². The van der Waals surface area contributed by atoms with Gasteiger partial charge in [0.25, 0.3) is 5.91 Å². The lowest BCUT2D eigenvalue weighted by atomic mass is 9.72. The van der Waals surface area contributed by atoms with Crippen LogP contribution < -0.4 is 15.4 Å². The summed E-state index contributed by atoms with van der Waals surface area (Å²) in [6, 6.07) is 6.41. The van der Waals surface area contributed by atoms with Gasteiger partial charge in [0.15, 0.2) is 5.69 Å². The third-order valence-corrected chi connectivity index (χ3v) is 11.6. The molecule has 0 saturated carbocycles. The van der Waals surface area contributed by atoms with Gasteiger partial charge < -0.3 is 25.0 Å². The number of rotatable bonds is 5. The van der Waals surface area contributed by atoms with E-state index in [2.05, 4.69) is 21.0 Å². The van der Waals surface area contributed by atoms with Crippen LogP contribution in [0.2, 0.25) is 5.02 Å². The second-order valence-corrected chi connectivity index (χ2v) is 14.8. The van der Waals surface area contributed by atoms with Gasteiger partial charge in [-0.1, -0.05) is 17.7 Å². The SMILES string of the molecule is CN(C)C(=O)c1nn2c(c1Cl)CN(c1nc(OC[C@@]34CCCN3C[C@H](F)C4)nc3c1CO[C@@]1(CCCc4ccc(N)c(C#N)c41)C3)CCC2. The maximum Gasteiger partial charge on any atom is 0.318 e. The molecule has 12 nitrogen and oxygen atoms in total. The molecule has 2 N–H and O–H groups in total. The maximum absolute atomic E-state index is 14.6. The third kappa shape index (κ3) is 5.30. The Bertz CT molecular complexity index is 1880. The lowest BCUT2D eigenvalue weighted by Crippen LogP contribution is -2.44. The molecular formula is C35H41ClFN9O3. The van der Waals surface area contributed by atoms with E-state index >= 15 is 0 Å². The molecule has 4 aliphatic heterocycles. The molecule has 2 fully saturated rings. The summed E-state index contributed by atoms with van der Waals surface area (Å²) >= 11 is 6.84. The van der Waals surface area contributed by atoms with Crippen molar-refractivity contribution in [3.63, 3.8) is 0 Å². The topological polar surface area (TPSA) is 139 Å². The molecule has 0 bridgehead atoms. The van der Waals surface area contributed by atoms with Crippen LogP contribution in [0.5, 0.6) is 6.01 Å². The molecule has 0 unspecified atom stereocenters. The molecule has 14 heteroatoms. The van der Waals surface area contributed by atoms with Crippen LogP contribution >= 0.6 is 11.6 Å². The summed E-state index contributed by atoms with van der Waals surface area (Å²) in [7, 11) is 3.36.